The van der Waals surface area contributed by atoms with Crippen LogP contribution in [0.2, 0.25) is 0 Å². The van der Waals surface area contributed by atoms with Gasteiger partial charge in [0.05, 0.1) is 47.2 Å². The zero-order valence-corrected chi connectivity index (χ0v) is 16.8. The quantitative estimate of drug-likeness (QED) is 0.567. The van der Waals surface area contributed by atoms with Gasteiger partial charge in [0.15, 0.2) is 0 Å². The number of pyridine rings is 2. The molecule has 0 spiro atoms. The van der Waals surface area contributed by atoms with Crippen LogP contribution in [0.3, 0.4) is 0 Å². The number of carbonyl (C=O) groups is 1. The zero-order valence-electron chi connectivity index (χ0n) is 16.8. The number of nitrogens with one attached hydrogen (secondary N) is 2. The van der Waals surface area contributed by atoms with Gasteiger partial charge in [0, 0.05) is 35.4 Å². The second kappa shape index (κ2) is 6.77. The second-order valence-electron chi connectivity index (χ2n) is 8.04. The van der Waals surface area contributed by atoms with Crippen LogP contribution in [-0.4, -0.2) is 36.4 Å². The SMILES string of the molecule is C/C(Nc1cnn(CC2(O)CC2)c1)=C1/C(=O)Nc2cnc(-c3cnccc3C)cc21. The highest BCUT2D eigenvalue weighted by molar-refractivity contribution is 6.32. The number of anilines is 2. The van der Waals surface area contributed by atoms with Crippen molar-refractivity contribution in [1.82, 2.24) is 19.7 Å². The molecule has 2 aliphatic rings. The Labute approximate surface area is 173 Å². The molecule has 3 N–H and O–H groups in total. The molecule has 3 aromatic heterocycles. The molecule has 0 unspecified atom stereocenters. The minimum atomic E-state index is -0.616. The fourth-order valence-corrected chi connectivity index (χ4v) is 3.72. The smallest absolute Gasteiger partial charge is 0.258 e. The number of nitrogens with zero attached hydrogens (tertiary/aromatic N) is 4. The van der Waals surface area contributed by atoms with Gasteiger partial charge in [-0.2, -0.15) is 5.10 Å². The fourth-order valence-electron chi connectivity index (χ4n) is 3.72. The largest absolute Gasteiger partial charge is 0.388 e. The first kappa shape index (κ1) is 18.5. The fraction of sp³-hybridized carbons (Fsp3) is 0.273. The summed E-state index contributed by atoms with van der Waals surface area (Å²) in [5.74, 6) is -0.170. The van der Waals surface area contributed by atoms with Crippen molar-refractivity contribution in [2.75, 3.05) is 10.6 Å². The summed E-state index contributed by atoms with van der Waals surface area (Å²) >= 11 is 0. The minimum Gasteiger partial charge on any atom is -0.388 e. The van der Waals surface area contributed by atoms with E-state index in [0.29, 0.717) is 17.8 Å². The van der Waals surface area contributed by atoms with E-state index in [1.165, 1.54) is 0 Å². The normalized spacial score (nSPS) is 18.0. The van der Waals surface area contributed by atoms with Crippen LogP contribution in [0.1, 0.15) is 30.9 Å². The van der Waals surface area contributed by atoms with E-state index >= 15 is 0 Å². The number of aryl methyl sites for hydroxylation is 1. The van der Waals surface area contributed by atoms with E-state index in [1.54, 1.807) is 29.5 Å². The number of carbonyl (C=O) groups excluding carboxylic acids is 1. The third-order valence-electron chi connectivity index (χ3n) is 5.59. The summed E-state index contributed by atoms with van der Waals surface area (Å²) in [6.45, 7) is 4.35. The van der Waals surface area contributed by atoms with Gasteiger partial charge in [-0.1, -0.05) is 0 Å². The lowest BCUT2D eigenvalue weighted by Crippen LogP contribution is -2.17. The molecule has 0 atom stereocenters. The molecule has 0 saturated heterocycles. The van der Waals surface area contributed by atoms with Gasteiger partial charge < -0.3 is 15.7 Å². The van der Waals surface area contributed by atoms with Gasteiger partial charge in [-0.3, -0.25) is 19.4 Å². The van der Waals surface area contributed by atoms with E-state index in [1.807, 2.05) is 32.2 Å². The Hall–Kier alpha value is -3.52. The number of fused-ring (bicyclic) bond motifs is 1. The van der Waals surface area contributed by atoms with Crippen LogP contribution in [0.5, 0.6) is 0 Å². The Balaban J connectivity index is 1.46. The molecule has 30 heavy (non-hydrogen) atoms. The number of rotatable bonds is 5. The number of aromatic nitrogens is 4. The maximum Gasteiger partial charge on any atom is 0.258 e. The number of hydrogen-bond acceptors (Lipinski definition) is 6. The Kier molecular flexibility index (Phi) is 4.18. The van der Waals surface area contributed by atoms with Crippen LogP contribution < -0.4 is 10.6 Å². The average molecular weight is 402 g/mol. The molecule has 5 rings (SSSR count). The lowest BCUT2D eigenvalue weighted by Gasteiger charge is -2.09. The number of allylic oxidation sites excluding steroid dienone is 1. The third kappa shape index (κ3) is 3.35. The number of hydrogen-bond donors (Lipinski definition) is 3. The van der Waals surface area contributed by atoms with E-state index < -0.39 is 5.60 Å². The van der Waals surface area contributed by atoms with E-state index in [9.17, 15) is 9.90 Å². The monoisotopic (exact) mass is 402 g/mol. The van der Waals surface area contributed by atoms with Crippen LogP contribution in [-0.2, 0) is 11.3 Å². The van der Waals surface area contributed by atoms with Gasteiger partial charge in [-0.05, 0) is 44.4 Å². The van der Waals surface area contributed by atoms with Crippen LogP contribution >= 0.6 is 0 Å². The summed E-state index contributed by atoms with van der Waals surface area (Å²) in [5.41, 5.74) is 5.71. The Morgan fingerprint density at radius 2 is 2.13 bits per heavy atom. The first-order valence-electron chi connectivity index (χ1n) is 9.87. The Morgan fingerprint density at radius 3 is 2.90 bits per heavy atom. The highest BCUT2D eigenvalue weighted by Gasteiger charge is 2.40. The number of aliphatic hydroxyl groups is 1. The predicted molar refractivity (Wildman–Crippen MR) is 113 cm³/mol. The van der Waals surface area contributed by atoms with Crippen molar-refractivity contribution < 1.29 is 9.90 Å². The summed E-state index contributed by atoms with van der Waals surface area (Å²) in [4.78, 5) is 21.4. The van der Waals surface area contributed by atoms with Gasteiger partial charge in [-0.25, -0.2) is 0 Å². The number of amides is 1. The molecule has 8 nitrogen and oxygen atoms in total. The van der Waals surface area contributed by atoms with Crippen molar-refractivity contribution >= 4 is 22.9 Å². The van der Waals surface area contributed by atoms with Crippen molar-refractivity contribution in [3.05, 3.63) is 59.9 Å². The summed E-state index contributed by atoms with van der Waals surface area (Å²) in [6, 6.07) is 3.86. The zero-order chi connectivity index (χ0) is 20.9. The highest BCUT2D eigenvalue weighted by Crippen LogP contribution is 2.37. The second-order valence-corrected chi connectivity index (χ2v) is 8.04. The van der Waals surface area contributed by atoms with E-state index in [4.69, 9.17) is 0 Å². The Bertz CT molecular complexity index is 1190. The summed E-state index contributed by atoms with van der Waals surface area (Å²) in [7, 11) is 0. The van der Waals surface area contributed by atoms with Crippen LogP contribution in [0.4, 0.5) is 11.4 Å². The minimum absolute atomic E-state index is 0.170. The lowest BCUT2D eigenvalue weighted by molar-refractivity contribution is -0.110. The van der Waals surface area contributed by atoms with E-state index in [0.717, 1.165) is 46.6 Å². The van der Waals surface area contributed by atoms with Crippen LogP contribution in [0.15, 0.2) is 48.8 Å². The van der Waals surface area contributed by atoms with Gasteiger partial charge >= 0.3 is 0 Å². The van der Waals surface area contributed by atoms with E-state index in [-0.39, 0.29) is 5.91 Å². The van der Waals surface area contributed by atoms with Crippen molar-refractivity contribution in [3.63, 3.8) is 0 Å². The predicted octanol–water partition coefficient (Wildman–Crippen LogP) is 2.97. The molecule has 152 valence electrons. The molecular formula is C22H22N6O2. The van der Waals surface area contributed by atoms with Crippen LogP contribution in [0, 0.1) is 6.92 Å². The van der Waals surface area contributed by atoms with Gasteiger partial charge in [0.2, 0.25) is 0 Å². The topological polar surface area (TPSA) is 105 Å². The van der Waals surface area contributed by atoms with Gasteiger partial charge in [0.25, 0.3) is 5.91 Å². The summed E-state index contributed by atoms with van der Waals surface area (Å²) < 4.78 is 1.73. The van der Waals surface area contributed by atoms with Crippen molar-refractivity contribution in [2.45, 2.75) is 38.8 Å². The van der Waals surface area contributed by atoms with E-state index in [2.05, 4.69) is 25.7 Å². The molecule has 1 saturated carbocycles. The average Bonchev–Trinajstić information content (AvgIpc) is 3.12. The van der Waals surface area contributed by atoms with Gasteiger partial charge in [-0.15, -0.1) is 0 Å². The maximum atomic E-state index is 12.7. The molecule has 3 aromatic rings. The van der Waals surface area contributed by atoms with Crippen molar-refractivity contribution in [1.29, 1.82) is 0 Å². The summed E-state index contributed by atoms with van der Waals surface area (Å²) in [5, 5.41) is 20.5. The maximum absolute atomic E-state index is 12.7. The lowest BCUT2D eigenvalue weighted by atomic mass is 10.0. The molecule has 1 aliphatic carbocycles. The molecule has 1 aliphatic heterocycles. The molecule has 0 radical (unpaired) electrons. The molecule has 8 heteroatoms. The highest BCUT2D eigenvalue weighted by atomic mass is 16.3. The molecular weight excluding hydrogens is 380 g/mol. The molecule has 0 bridgehead atoms. The van der Waals surface area contributed by atoms with Gasteiger partial charge in [0.1, 0.15) is 0 Å². The molecule has 1 fully saturated rings. The molecule has 4 heterocycles. The molecule has 0 aromatic carbocycles. The van der Waals surface area contributed by atoms with Crippen molar-refractivity contribution in [2.24, 2.45) is 0 Å². The summed E-state index contributed by atoms with van der Waals surface area (Å²) in [6.07, 6.45) is 10.4. The first-order valence-corrected chi connectivity index (χ1v) is 9.87. The molecule has 1 amide bonds. The third-order valence-corrected chi connectivity index (χ3v) is 5.59. The first-order chi connectivity index (χ1) is 14.4. The Morgan fingerprint density at radius 1 is 1.30 bits per heavy atom. The van der Waals surface area contributed by atoms with Crippen LogP contribution in [0.25, 0.3) is 16.8 Å². The standard InChI is InChI=1S/C22H22N6O2/c1-13-3-6-23-9-17(13)18-7-16-19(10-24-18)27-21(29)20(16)14(2)26-15-8-25-28(11-15)12-22(30)4-5-22/h3,6-11,26,30H,4-5,12H2,1-2H3,(H,27,29)/b20-14-. The van der Waals surface area contributed by atoms with Crippen molar-refractivity contribution in [3.8, 4) is 11.3 Å².